The fourth-order valence-corrected chi connectivity index (χ4v) is 4.96. The van der Waals surface area contributed by atoms with E-state index in [0.29, 0.717) is 58.6 Å². The van der Waals surface area contributed by atoms with Crippen LogP contribution in [0.5, 0.6) is 5.75 Å². The number of alkyl halides is 3. The van der Waals surface area contributed by atoms with Gasteiger partial charge in [-0.25, -0.2) is 9.78 Å². The number of ether oxygens (including phenoxy) is 2. The maximum absolute atomic E-state index is 13.4. The quantitative estimate of drug-likeness (QED) is 0.583. The zero-order valence-electron chi connectivity index (χ0n) is 20.2. The van der Waals surface area contributed by atoms with Gasteiger partial charge in [-0.05, 0) is 37.0 Å². The Morgan fingerprint density at radius 2 is 1.83 bits per heavy atom. The van der Waals surface area contributed by atoms with E-state index < -0.39 is 6.36 Å². The summed E-state index contributed by atoms with van der Waals surface area (Å²) in [4.78, 5) is 21.6. The lowest BCUT2D eigenvalue weighted by Gasteiger charge is -2.41. The SMILES string of the molecule is COCCn1cnc(C2CC(c3ccc(OC(F)(F)F)cc3)CN(C(=O)N3CCC(C#N)CC3)C2)c1. The van der Waals surface area contributed by atoms with Crippen LogP contribution in [-0.4, -0.2) is 71.6 Å². The molecule has 2 atom stereocenters. The molecular formula is C25H30F3N5O3. The molecule has 2 aliphatic rings. The monoisotopic (exact) mass is 505 g/mol. The molecule has 0 saturated carbocycles. The molecule has 2 aromatic rings. The van der Waals surface area contributed by atoms with Crippen molar-refractivity contribution in [1.82, 2.24) is 19.4 Å². The van der Waals surface area contributed by atoms with Crippen LogP contribution in [0.4, 0.5) is 18.0 Å². The molecule has 0 aliphatic carbocycles. The second-order valence-electron chi connectivity index (χ2n) is 9.35. The Bertz CT molecular complexity index is 1060. The van der Waals surface area contributed by atoms with Crippen molar-refractivity contribution in [1.29, 1.82) is 5.26 Å². The number of amides is 2. The lowest BCUT2D eigenvalue weighted by molar-refractivity contribution is -0.274. The molecule has 4 rings (SSSR count). The van der Waals surface area contributed by atoms with Crippen LogP contribution in [0.1, 0.15) is 42.4 Å². The first-order valence-corrected chi connectivity index (χ1v) is 12.1. The summed E-state index contributed by atoms with van der Waals surface area (Å²) in [5.74, 6) is -0.402. The molecule has 8 nitrogen and oxygen atoms in total. The van der Waals surface area contributed by atoms with Crippen LogP contribution in [0.3, 0.4) is 0 Å². The molecule has 0 bridgehead atoms. The number of benzene rings is 1. The van der Waals surface area contributed by atoms with Crippen molar-refractivity contribution < 1.29 is 27.4 Å². The maximum atomic E-state index is 13.4. The van der Waals surface area contributed by atoms with E-state index in [1.165, 1.54) is 12.1 Å². The number of rotatable bonds is 6. The van der Waals surface area contributed by atoms with Gasteiger partial charge in [0, 0.05) is 63.8 Å². The smallest absolute Gasteiger partial charge is 0.406 e. The molecule has 0 N–H and O–H groups in total. The van der Waals surface area contributed by atoms with Gasteiger partial charge in [-0.15, -0.1) is 13.2 Å². The third kappa shape index (κ3) is 6.49. The number of carbonyl (C=O) groups excluding carboxylic acids is 1. The Labute approximate surface area is 208 Å². The molecule has 36 heavy (non-hydrogen) atoms. The number of imidazole rings is 1. The first-order valence-electron chi connectivity index (χ1n) is 12.1. The number of piperidine rings is 2. The van der Waals surface area contributed by atoms with E-state index in [2.05, 4.69) is 15.8 Å². The number of halogens is 3. The number of urea groups is 1. The van der Waals surface area contributed by atoms with Crippen molar-refractivity contribution in [3.05, 3.63) is 48.0 Å². The number of carbonyl (C=O) groups is 1. The van der Waals surface area contributed by atoms with Crippen LogP contribution in [-0.2, 0) is 11.3 Å². The Morgan fingerprint density at radius 3 is 2.47 bits per heavy atom. The van der Waals surface area contributed by atoms with Crippen molar-refractivity contribution in [3.63, 3.8) is 0 Å². The Balaban J connectivity index is 1.53. The number of nitrogens with zero attached hydrogens (tertiary/aromatic N) is 5. The average molecular weight is 506 g/mol. The third-order valence-electron chi connectivity index (χ3n) is 6.88. The van der Waals surface area contributed by atoms with E-state index in [1.54, 1.807) is 30.5 Å². The second kappa shape index (κ2) is 11.2. The highest BCUT2D eigenvalue weighted by Crippen LogP contribution is 2.37. The molecule has 1 aromatic carbocycles. The van der Waals surface area contributed by atoms with E-state index in [1.807, 2.05) is 15.7 Å². The highest BCUT2D eigenvalue weighted by atomic mass is 19.4. The summed E-state index contributed by atoms with van der Waals surface area (Å²) in [7, 11) is 1.64. The summed E-state index contributed by atoms with van der Waals surface area (Å²) >= 11 is 0. The van der Waals surface area contributed by atoms with Gasteiger partial charge >= 0.3 is 12.4 Å². The summed E-state index contributed by atoms with van der Waals surface area (Å²) in [5, 5.41) is 9.17. The van der Waals surface area contributed by atoms with Gasteiger partial charge in [0.05, 0.1) is 24.7 Å². The number of likely N-dealkylation sites (tertiary alicyclic amines) is 2. The molecule has 2 amide bonds. The highest BCUT2D eigenvalue weighted by molar-refractivity contribution is 5.75. The largest absolute Gasteiger partial charge is 0.573 e. The predicted octanol–water partition coefficient (Wildman–Crippen LogP) is 4.36. The fraction of sp³-hybridized carbons (Fsp3) is 0.560. The van der Waals surface area contributed by atoms with Gasteiger partial charge in [0.1, 0.15) is 5.75 Å². The summed E-state index contributed by atoms with van der Waals surface area (Å²) in [5.41, 5.74) is 1.71. The summed E-state index contributed by atoms with van der Waals surface area (Å²) in [6, 6.07) is 8.09. The highest BCUT2D eigenvalue weighted by Gasteiger charge is 2.36. The van der Waals surface area contributed by atoms with E-state index in [4.69, 9.17) is 4.74 Å². The molecule has 2 saturated heterocycles. The lowest BCUT2D eigenvalue weighted by Crippen LogP contribution is -2.51. The third-order valence-corrected chi connectivity index (χ3v) is 6.88. The number of methoxy groups -OCH3 is 1. The number of hydrogen-bond acceptors (Lipinski definition) is 5. The molecule has 0 radical (unpaired) electrons. The molecule has 2 aliphatic heterocycles. The molecule has 2 fully saturated rings. The van der Waals surface area contributed by atoms with Crippen LogP contribution in [0, 0.1) is 17.2 Å². The van der Waals surface area contributed by atoms with Crippen molar-refractivity contribution in [2.75, 3.05) is 39.9 Å². The first-order chi connectivity index (χ1) is 17.3. The van der Waals surface area contributed by atoms with E-state index in [9.17, 15) is 23.2 Å². The molecule has 194 valence electrons. The van der Waals surface area contributed by atoms with Crippen molar-refractivity contribution >= 4 is 6.03 Å². The standard InChI is InChI=1S/C25H30F3N5O3/c1-35-11-10-31-16-23(30-17-31)21-12-20(19-2-4-22(5-3-19)36-25(26,27)28)14-33(15-21)24(34)32-8-6-18(13-29)7-9-32/h2-5,16-18,20-21H,6-12,14-15H2,1H3. The van der Waals surface area contributed by atoms with Gasteiger partial charge in [0.2, 0.25) is 0 Å². The average Bonchev–Trinajstić information content (AvgIpc) is 3.35. The van der Waals surface area contributed by atoms with E-state index in [-0.39, 0.29) is 29.5 Å². The zero-order valence-corrected chi connectivity index (χ0v) is 20.2. The minimum Gasteiger partial charge on any atom is -0.406 e. The Morgan fingerprint density at radius 1 is 1.14 bits per heavy atom. The van der Waals surface area contributed by atoms with Gasteiger partial charge in [-0.2, -0.15) is 5.26 Å². The molecule has 1 aromatic heterocycles. The van der Waals surface area contributed by atoms with Gasteiger partial charge in [-0.1, -0.05) is 12.1 Å². The van der Waals surface area contributed by atoms with Crippen LogP contribution in [0.15, 0.2) is 36.8 Å². The molecule has 11 heteroatoms. The van der Waals surface area contributed by atoms with E-state index >= 15 is 0 Å². The maximum Gasteiger partial charge on any atom is 0.573 e. The van der Waals surface area contributed by atoms with Gasteiger partial charge < -0.3 is 23.8 Å². The summed E-state index contributed by atoms with van der Waals surface area (Å²) in [6.45, 7) is 3.26. The number of nitriles is 1. The number of aromatic nitrogens is 2. The molecule has 3 heterocycles. The van der Waals surface area contributed by atoms with Gasteiger partial charge in [0.25, 0.3) is 0 Å². The Hall–Kier alpha value is -3.26. The fourth-order valence-electron chi connectivity index (χ4n) is 4.96. The minimum atomic E-state index is -4.75. The van der Waals surface area contributed by atoms with Crippen LogP contribution in [0.2, 0.25) is 0 Å². The molecule has 2 unspecified atom stereocenters. The lowest BCUT2D eigenvalue weighted by atomic mass is 9.83. The van der Waals surface area contributed by atoms with Crippen molar-refractivity contribution in [2.45, 2.75) is 44.0 Å². The minimum absolute atomic E-state index is 0.0237. The van der Waals surface area contributed by atoms with Crippen LogP contribution >= 0.6 is 0 Å². The van der Waals surface area contributed by atoms with Crippen molar-refractivity contribution in [2.24, 2.45) is 5.92 Å². The molecular weight excluding hydrogens is 475 g/mol. The van der Waals surface area contributed by atoms with Crippen molar-refractivity contribution in [3.8, 4) is 11.8 Å². The normalized spacial score (nSPS) is 21.3. The molecule has 0 spiro atoms. The van der Waals surface area contributed by atoms with Crippen LogP contribution in [0.25, 0.3) is 0 Å². The summed E-state index contributed by atoms with van der Waals surface area (Å²) < 4.78 is 48.8. The number of hydrogen-bond donors (Lipinski definition) is 0. The predicted molar refractivity (Wildman–Crippen MR) is 124 cm³/mol. The summed E-state index contributed by atoms with van der Waals surface area (Å²) in [6.07, 6.45) is 0.997. The van der Waals surface area contributed by atoms with Crippen LogP contribution < -0.4 is 4.74 Å². The zero-order chi connectivity index (χ0) is 25.7. The Kier molecular flexibility index (Phi) is 8.04. The first kappa shape index (κ1) is 25.8. The van der Waals surface area contributed by atoms with Gasteiger partial charge in [-0.3, -0.25) is 0 Å². The van der Waals surface area contributed by atoms with Gasteiger partial charge in [0.15, 0.2) is 0 Å². The van der Waals surface area contributed by atoms with E-state index in [0.717, 1.165) is 11.3 Å². The second-order valence-corrected chi connectivity index (χ2v) is 9.35. The topological polar surface area (TPSA) is 83.6 Å².